The second kappa shape index (κ2) is 9.29. The van der Waals surface area contributed by atoms with Crippen molar-refractivity contribution in [2.45, 2.75) is 13.5 Å². The second-order valence-electron chi connectivity index (χ2n) is 6.40. The van der Waals surface area contributed by atoms with Crippen molar-refractivity contribution in [3.63, 3.8) is 0 Å². The zero-order valence-corrected chi connectivity index (χ0v) is 14.6. The van der Waals surface area contributed by atoms with Crippen LogP contribution in [0.4, 0.5) is 0 Å². The van der Waals surface area contributed by atoms with Gasteiger partial charge in [0.25, 0.3) is 0 Å². The summed E-state index contributed by atoms with van der Waals surface area (Å²) in [5.74, 6) is 0. The Morgan fingerprint density at radius 2 is 1.48 bits per heavy atom. The Balaban J connectivity index is 2.02. The molecule has 0 N–H and O–H groups in total. The maximum Gasteiger partial charge on any atom is 0.0237 e. The summed E-state index contributed by atoms with van der Waals surface area (Å²) in [6, 6.07) is 21.3. The quantitative estimate of drug-likeness (QED) is 0.723. The van der Waals surface area contributed by atoms with Crippen molar-refractivity contribution in [1.29, 1.82) is 0 Å². The molecule has 0 aromatic heterocycles. The van der Waals surface area contributed by atoms with E-state index in [0.717, 1.165) is 26.2 Å². The van der Waals surface area contributed by atoms with Gasteiger partial charge in [0, 0.05) is 26.2 Å². The minimum atomic E-state index is 0.995. The average Bonchev–Trinajstić information content (AvgIpc) is 2.54. The molecule has 0 amide bonds. The lowest BCUT2D eigenvalue weighted by Gasteiger charge is -2.24. The molecular formula is C21H28N2. The van der Waals surface area contributed by atoms with E-state index in [1.807, 2.05) is 0 Å². The highest BCUT2D eigenvalue weighted by Gasteiger charge is 2.07. The number of benzene rings is 2. The van der Waals surface area contributed by atoms with Crippen LogP contribution >= 0.6 is 0 Å². The molecule has 0 heterocycles. The first kappa shape index (κ1) is 17.5. The van der Waals surface area contributed by atoms with Crippen LogP contribution in [0.2, 0.25) is 0 Å². The standard InChI is InChI=1S/C21H28N2/c1-19(16-20-10-6-4-7-11-20)17-23(15-14-22(2)3)18-21-12-8-5-9-13-21/h4-13,16H,14-15,17-18H2,1-3H3/b19-16+. The summed E-state index contributed by atoms with van der Waals surface area (Å²) in [4.78, 5) is 4.76. The summed E-state index contributed by atoms with van der Waals surface area (Å²) in [5.41, 5.74) is 4.04. The Labute approximate surface area is 141 Å². The van der Waals surface area contributed by atoms with Gasteiger partial charge in [-0.15, -0.1) is 0 Å². The first-order chi connectivity index (χ1) is 11.1. The Kier molecular flexibility index (Phi) is 7.05. The molecule has 2 aromatic carbocycles. The monoisotopic (exact) mass is 308 g/mol. The molecule has 0 atom stereocenters. The molecule has 0 fully saturated rings. The second-order valence-corrected chi connectivity index (χ2v) is 6.40. The van der Waals surface area contributed by atoms with E-state index in [-0.39, 0.29) is 0 Å². The molecule has 2 heteroatoms. The summed E-state index contributed by atoms with van der Waals surface area (Å²) in [7, 11) is 4.26. The third kappa shape index (κ3) is 6.81. The van der Waals surface area contributed by atoms with Crippen LogP contribution in [-0.4, -0.2) is 43.5 Å². The van der Waals surface area contributed by atoms with Gasteiger partial charge < -0.3 is 4.90 Å². The first-order valence-electron chi connectivity index (χ1n) is 8.27. The number of nitrogens with zero attached hydrogens (tertiary/aromatic N) is 2. The number of hydrogen-bond acceptors (Lipinski definition) is 2. The van der Waals surface area contributed by atoms with Gasteiger partial charge in [-0.3, -0.25) is 4.90 Å². The lowest BCUT2D eigenvalue weighted by atomic mass is 10.1. The van der Waals surface area contributed by atoms with Crippen molar-refractivity contribution in [1.82, 2.24) is 9.80 Å². The lowest BCUT2D eigenvalue weighted by molar-refractivity contribution is 0.250. The van der Waals surface area contributed by atoms with Gasteiger partial charge in [0.1, 0.15) is 0 Å². The van der Waals surface area contributed by atoms with Crippen LogP contribution in [0.5, 0.6) is 0 Å². The fraction of sp³-hybridized carbons (Fsp3) is 0.333. The summed E-state index contributed by atoms with van der Waals surface area (Å²) < 4.78 is 0. The zero-order chi connectivity index (χ0) is 16.5. The van der Waals surface area contributed by atoms with Gasteiger partial charge in [-0.25, -0.2) is 0 Å². The highest BCUT2D eigenvalue weighted by molar-refractivity contribution is 5.52. The lowest BCUT2D eigenvalue weighted by Crippen LogP contribution is -2.32. The molecule has 0 saturated heterocycles. The largest absolute Gasteiger partial charge is 0.308 e. The fourth-order valence-corrected chi connectivity index (χ4v) is 2.63. The summed E-state index contributed by atoms with van der Waals surface area (Å²) >= 11 is 0. The molecule has 0 bridgehead atoms. The van der Waals surface area contributed by atoms with Crippen molar-refractivity contribution in [3.8, 4) is 0 Å². The Bertz CT molecular complexity index is 588. The van der Waals surface area contributed by atoms with Crippen molar-refractivity contribution in [2.75, 3.05) is 33.7 Å². The minimum Gasteiger partial charge on any atom is -0.308 e. The van der Waals surface area contributed by atoms with E-state index >= 15 is 0 Å². The molecule has 2 aromatic rings. The van der Waals surface area contributed by atoms with Crippen LogP contribution in [0.1, 0.15) is 18.1 Å². The normalized spacial score (nSPS) is 12.1. The van der Waals surface area contributed by atoms with E-state index in [0.29, 0.717) is 0 Å². The Morgan fingerprint density at radius 1 is 0.870 bits per heavy atom. The molecule has 0 aliphatic carbocycles. The van der Waals surface area contributed by atoms with Gasteiger partial charge in [-0.2, -0.15) is 0 Å². The van der Waals surface area contributed by atoms with Gasteiger partial charge in [0.05, 0.1) is 0 Å². The molecule has 122 valence electrons. The smallest absolute Gasteiger partial charge is 0.0237 e. The van der Waals surface area contributed by atoms with Crippen LogP contribution in [0.15, 0.2) is 66.2 Å². The van der Waals surface area contributed by atoms with Gasteiger partial charge in [-0.05, 0) is 32.1 Å². The maximum absolute atomic E-state index is 2.52. The van der Waals surface area contributed by atoms with Gasteiger partial charge in [0.15, 0.2) is 0 Å². The molecule has 2 rings (SSSR count). The van der Waals surface area contributed by atoms with Gasteiger partial charge in [0.2, 0.25) is 0 Å². The van der Waals surface area contributed by atoms with Crippen LogP contribution in [0.3, 0.4) is 0 Å². The minimum absolute atomic E-state index is 0.995. The third-order valence-electron chi connectivity index (χ3n) is 3.80. The molecule has 0 unspecified atom stereocenters. The van der Waals surface area contributed by atoms with Crippen LogP contribution in [0.25, 0.3) is 6.08 Å². The summed E-state index contributed by atoms with van der Waals surface area (Å²) in [6.07, 6.45) is 2.29. The maximum atomic E-state index is 2.52. The Hall–Kier alpha value is -1.90. The van der Waals surface area contributed by atoms with Crippen molar-refractivity contribution < 1.29 is 0 Å². The van der Waals surface area contributed by atoms with Gasteiger partial charge >= 0.3 is 0 Å². The molecule has 0 radical (unpaired) electrons. The van der Waals surface area contributed by atoms with E-state index in [4.69, 9.17) is 0 Å². The highest BCUT2D eigenvalue weighted by Crippen LogP contribution is 2.10. The predicted octanol–water partition coefficient (Wildman–Crippen LogP) is 4.15. The summed E-state index contributed by atoms with van der Waals surface area (Å²) in [6.45, 7) is 6.36. The number of likely N-dealkylation sites (N-methyl/N-ethyl adjacent to an activating group) is 1. The number of rotatable bonds is 8. The van der Waals surface area contributed by atoms with Crippen LogP contribution in [0, 0.1) is 0 Å². The zero-order valence-electron chi connectivity index (χ0n) is 14.6. The van der Waals surface area contributed by atoms with E-state index in [2.05, 4.69) is 97.6 Å². The molecule has 2 nitrogen and oxygen atoms in total. The Morgan fingerprint density at radius 3 is 2.09 bits per heavy atom. The fourth-order valence-electron chi connectivity index (χ4n) is 2.63. The molecule has 23 heavy (non-hydrogen) atoms. The first-order valence-corrected chi connectivity index (χ1v) is 8.27. The van der Waals surface area contributed by atoms with Crippen molar-refractivity contribution in [3.05, 3.63) is 77.4 Å². The van der Waals surface area contributed by atoms with Crippen LogP contribution in [-0.2, 0) is 6.54 Å². The molecule has 0 aliphatic rings. The summed E-state index contributed by atoms with van der Waals surface area (Å²) in [5, 5.41) is 0. The van der Waals surface area contributed by atoms with Crippen molar-refractivity contribution in [2.24, 2.45) is 0 Å². The topological polar surface area (TPSA) is 6.48 Å². The van der Waals surface area contributed by atoms with E-state index in [1.165, 1.54) is 16.7 Å². The SMILES string of the molecule is C/C(=C\c1ccccc1)CN(CCN(C)C)Cc1ccccc1. The predicted molar refractivity (Wildman–Crippen MR) is 100 cm³/mol. The van der Waals surface area contributed by atoms with Crippen molar-refractivity contribution >= 4 is 6.08 Å². The molecule has 0 aliphatic heterocycles. The van der Waals surface area contributed by atoms with Gasteiger partial charge in [-0.1, -0.05) is 72.3 Å². The van der Waals surface area contributed by atoms with E-state index < -0.39 is 0 Å². The molecule has 0 spiro atoms. The van der Waals surface area contributed by atoms with Crippen LogP contribution < -0.4 is 0 Å². The van der Waals surface area contributed by atoms with E-state index in [9.17, 15) is 0 Å². The molecule has 0 saturated carbocycles. The molecular weight excluding hydrogens is 280 g/mol. The highest BCUT2D eigenvalue weighted by atomic mass is 15.2. The van der Waals surface area contributed by atoms with E-state index in [1.54, 1.807) is 0 Å². The average molecular weight is 308 g/mol. The third-order valence-corrected chi connectivity index (χ3v) is 3.80. The number of hydrogen-bond donors (Lipinski definition) is 0.